The normalized spacial score (nSPS) is 33.5. The van der Waals surface area contributed by atoms with Crippen LogP contribution < -0.4 is 5.32 Å². The molecule has 2 aliphatic rings. The van der Waals surface area contributed by atoms with E-state index in [-0.39, 0.29) is 0 Å². The van der Waals surface area contributed by atoms with Crippen LogP contribution in [0.4, 0.5) is 0 Å². The minimum atomic E-state index is 0.541. The molecule has 0 radical (unpaired) electrons. The van der Waals surface area contributed by atoms with Crippen LogP contribution in [0.15, 0.2) is 28.7 Å². The van der Waals surface area contributed by atoms with Gasteiger partial charge in [0, 0.05) is 16.9 Å². The number of benzene rings is 1. The Kier molecular flexibility index (Phi) is 4.75. The minimum Gasteiger partial charge on any atom is -0.316 e. The third-order valence-corrected chi connectivity index (χ3v) is 6.49. The van der Waals surface area contributed by atoms with Crippen LogP contribution in [0.3, 0.4) is 0 Å². The Labute approximate surface area is 138 Å². The number of halogens is 1. The zero-order chi connectivity index (χ0) is 14.9. The van der Waals surface area contributed by atoms with Gasteiger partial charge in [-0.1, -0.05) is 54.8 Å². The van der Waals surface area contributed by atoms with Gasteiger partial charge in [-0.2, -0.15) is 0 Å². The molecule has 1 aliphatic heterocycles. The highest BCUT2D eigenvalue weighted by atomic mass is 79.9. The molecule has 1 aromatic carbocycles. The Bertz CT molecular complexity index is 480. The van der Waals surface area contributed by atoms with Crippen molar-refractivity contribution >= 4 is 15.9 Å². The Morgan fingerprint density at radius 3 is 2.90 bits per heavy atom. The average Bonchev–Trinajstić information content (AvgIpc) is 2.48. The molecule has 3 unspecified atom stereocenters. The number of piperidine rings is 1. The minimum absolute atomic E-state index is 0.541. The molecule has 21 heavy (non-hydrogen) atoms. The van der Waals surface area contributed by atoms with Gasteiger partial charge in [0.15, 0.2) is 0 Å². The van der Waals surface area contributed by atoms with Crippen LogP contribution in [0, 0.1) is 17.3 Å². The molecule has 0 bridgehead atoms. The lowest BCUT2D eigenvalue weighted by Crippen LogP contribution is -2.46. The number of nitrogens with one attached hydrogen (secondary N) is 1. The van der Waals surface area contributed by atoms with E-state index in [1.165, 1.54) is 48.7 Å². The van der Waals surface area contributed by atoms with Crippen molar-refractivity contribution in [2.24, 2.45) is 17.3 Å². The van der Waals surface area contributed by atoms with Gasteiger partial charge in [-0.3, -0.25) is 0 Å². The summed E-state index contributed by atoms with van der Waals surface area (Å²) in [5.74, 6) is 2.44. The van der Waals surface area contributed by atoms with Gasteiger partial charge in [-0.05, 0) is 60.8 Å². The van der Waals surface area contributed by atoms with Crippen LogP contribution in [-0.2, 0) is 0 Å². The van der Waals surface area contributed by atoms with Gasteiger partial charge in [-0.25, -0.2) is 0 Å². The topological polar surface area (TPSA) is 12.0 Å². The van der Waals surface area contributed by atoms with E-state index in [9.17, 15) is 0 Å². The summed E-state index contributed by atoms with van der Waals surface area (Å²) >= 11 is 3.66. The molecular weight excluding hydrogens is 322 g/mol. The predicted molar refractivity (Wildman–Crippen MR) is 93.6 cm³/mol. The highest BCUT2D eigenvalue weighted by Crippen LogP contribution is 2.53. The van der Waals surface area contributed by atoms with Gasteiger partial charge in [0.05, 0.1) is 0 Å². The summed E-state index contributed by atoms with van der Waals surface area (Å²) in [6.45, 7) is 7.19. The maximum absolute atomic E-state index is 3.66. The third-order valence-electron chi connectivity index (χ3n) is 6.00. The summed E-state index contributed by atoms with van der Waals surface area (Å²) in [6, 6.07) is 9.02. The van der Waals surface area contributed by atoms with Crippen LogP contribution in [0.25, 0.3) is 0 Å². The molecule has 1 aliphatic carbocycles. The lowest BCUT2D eigenvalue weighted by atomic mass is 9.57. The summed E-state index contributed by atoms with van der Waals surface area (Å²) in [7, 11) is 0. The van der Waals surface area contributed by atoms with Crippen molar-refractivity contribution in [3.05, 3.63) is 34.3 Å². The van der Waals surface area contributed by atoms with Gasteiger partial charge >= 0.3 is 0 Å². The van der Waals surface area contributed by atoms with Crippen LogP contribution in [0.2, 0.25) is 0 Å². The number of hydrogen-bond donors (Lipinski definition) is 1. The second-order valence-electron chi connectivity index (χ2n) is 7.52. The second kappa shape index (κ2) is 6.42. The molecule has 1 aromatic rings. The first-order valence-electron chi connectivity index (χ1n) is 8.57. The predicted octanol–water partition coefficient (Wildman–Crippen LogP) is 5.36. The maximum Gasteiger partial charge on any atom is 0.0178 e. The molecule has 1 saturated carbocycles. The first-order chi connectivity index (χ1) is 10.1. The molecule has 0 aromatic heterocycles. The quantitative estimate of drug-likeness (QED) is 0.757. The SMILES string of the molecule is CC(C)C1CCCC2(CCNCC2c2cccc(Br)c2)C1. The first-order valence-corrected chi connectivity index (χ1v) is 9.36. The van der Waals surface area contributed by atoms with E-state index in [4.69, 9.17) is 0 Å². The van der Waals surface area contributed by atoms with Crippen molar-refractivity contribution in [3.8, 4) is 0 Å². The molecule has 1 N–H and O–H groups in total. The van der Waals surface area contributed by atoms with Gasteiger partial charge in [0.2, 0.25) is 0 Å². The van der Waals surface area contributed by atoms with E-state index in [1.807, 2.05) is 0 Å². The molecule has 0 amide bonds. The average molecular weight is 350 g/mol. The molecule has 1 saturated heterocycles. The molecule has 1 spiro atoms. The van der Waals surface area contributed by atoms with Gasteiger partial charge in [-0.15, -0.1) is 0 Å². The Morgan fingerprint density at radius 2 is 2.14 bits per heavy atom. The number of hydrogen-bond acceptors (Lipinski definition) is 1. The Balaban J connectivity index is 1.90. The summed E-state index contributed by atoms with van der Waals surface area (Å²) in [4.78, 5) is 0. The standard InChI is InChI=1S/C19H28BrN/c1-14(2)16-6-4-8-19(12-16)9-10-21-13-18(19)15-5-3-7-17(20)11-15/h3,5,7,11,14,16,18,21H,4,6,8-10,12-13H2,1-2H3. The molecule has 1 nitrogen and oxygen atoms in total. The van der Waals surface area contributed by atoms with E-state index in [1.54, 1.807) is 0 Å². The smallest absolute Gasteiger partial charge is 0.0178 e. The van der Waals surface area contributed by atoms with Crippen molar-refractivity contribution in [1.82, 2.24) is 5.32 Å². The lowest BCUT2D eigenvalue weighted by molar-refractivity contribution is 0.0545. The van der Waals surface area contributed by atoms with Crippen molar-refractivity contribution in [1.29, 1.82) is 0 Å². The molecule has 3 atom stereocenters. The summed E-state index contributed by atoms with van der Waals surface area (Å²) in [6.07, 6.45) is 7.08. The van der Waals surface area contributed by atoms with Crippen LogP contribution in [0.5, 0.6) is 0 Å². The Hall–Kier alpha value is -0.340. The zero-order valence-electron chi connectivity index (χ0n) is 13.4. The first kappa shape index (κ1) is 15.6. The molecule has 2 fully saturated rings. The Morgan fingerprint density at radius 1 is 1.29 bits per heavy atom. The van der Waals surface area contributed by atoms with E-state index in [2.05, 4.69) is 59.4 Å². The fourth-order valence-electron chi connectivity index (χ4n) is 4.72. The van der Waals surface area contributed by atoms with Gasteiger partial charge < -0.3 is 5.32 Å². The monoisotopic (exact) mass is 349 g/mol. The third kappa shape index (κ3) is 3.22. The lowest BCUT2D eigenvalue weighted by Gasteiger charge is -2.50. The summed E-state index contributed by atoms with van der Waals surface area (Å²) in [5, 5.41) is 3.65. The maximum atomic E-state index is 3.66. The van der Waals surface area contributed by atoms with E-state index in [0.717, 1.165) is 18.4 Å². The van der Waals surface area contributed by atoms with Crippen molar-refractivity contribution < 1.29 is 0 Å². The highest BCUT2D eigenvalue weighted by Gasteiger charge is 2.44. The van der Waals surface area contributed by atoms with Crippen molar-refractivity contribution in [3.63, 3.8) is 0 Å². The fourth-order valence-corrected chi connectivity index (χ4v) is 5.14. The van der Waals surface area contributed by atoms with Crippen LogP contribution in [-0.4, -0.2) is 13.1 Å². The van der Waals surface area contributed by atoms with Crippen molar-refractivity contribution in [2.45, 2.75) is 51.9 Å². The van der Waals surface area contributed by atoms with E-state index >= 15 is 0 Å². The zero-order valence-corrected chi connectivity index (χ0v) is 15.0. The highest BCUT2D eigenvalue weighted by molar-refractivity contribution is 9.10. The molecule has 2 heteroatoms. The van der Waals surface area contributed by atoms with Crippen molar-refractivity contribution in [2.75, 3.05) is 13.1 Å². The van der Waals surface area contributed by atoms with Gasteiger partial charge in [0.1, 0.15) is 0 Å². The number of rotatable bonds is 2. The summed E-state index contributed by atoms with van der Waals surface area (Å²) < 4.78 is 1.22. The molecule has 3 rings (SSSR count). The van der Waals surface area contributed by atoms with Crippen LogP contribution in [0.1, 0.15) is 57.4 Å². The second-order valence-corrected chi connectivity index (χ2v) is 8.44. The van der Waals surface area contributed by atoms with E-state index in [0.29, 0.717) is 11.3 Å². The fraction of sp³-hybridized carbons (Fsp3) is 0.684. The molecule has 1 heterocycles. The van der Waals surface area contributed by atoms with Crippen LogP contribution >= 0.6 is 15.9 Å². The molecular formula is C19H28BrN. The summed E-state index contributed by atoms with van der Waals surface area (Å²) in [5.41, 5.74) is 2.07. The van der Waals surface area contributed by atoms with Gasteiger partial charge in [0.25, 0.3) is 0 Å². The molecule has 116 valence electrons. The largest absolute Gasteiger partial charge is 0.316 e. The van der Waals surface area contributed by atoms with E-state index < -0.39 is 0 Å².